The molecule has 2 aromatic heterocycles. The molecule has 2 rings (SSSR count). The van der Waals surface area contributed by atoms with Crippen LogP contribution >= 0.6 is 50.7 Å². The first-order chi connectivity index (χ1) is 7.91. The zero-order valence-corrected chi connectivity index (χ0v) is 11.6. The SMILES string of the molecule is O=C(n1ccnn1)n1nnc(Br)c1C(Cl)(Cl)Cl. The lowest BCUT2D eigenvalue weighted by molar-refractivity contribution is 0.236. The van der Waals surface area contributed by atoms with E-state index in [1.807, 2.05) is 0 Å². The number of nitrogens with zero attached hydrogens (tertiary/aromatic N) is 6. The van der Waals surface area contributed by atoms with Crippen LogP contribution in [-0.2, 0) is 3.79 Å². The van der Waals surface area contributed by atoms with Crippen LogP contribution in [0.2, 0.25) is 0 Å². The van der Waals surface area contributed by atoms with Gasteiger partial charge in [0.05, 0.1) is 12.4 Å². The van der Waals surface area contributed by atoms with E-state index in [2.05, 4.69) is 36.6 Å². The minimum atomic E-state index is -1.85. The van der Waals surface area contributed by atoms with Crippen molar-refractivity contribution in [2.45, 2.75) is 3.79 Å². The van der Waals surface area contributed by atoms with Gasteiger partial charge in [-0.1, -0.05) is 45.2 Å². The molecule has 0 radical (unpaired) electrons. The van der Waals surface area contributed by atoms with Crippen LogP contribution in [-0.4, -0.2) is 36.0 Å². The Morgan fingerprint density at radius 2 is 2.06 bits per heavy atom. The lowest BCUT2D eigenvalue weighted by Crippen LogP contribution is -2.25. The average molecular weight is 360 g/mol. The maximum atomic E-state index is 11.9. The van der Waals surface area contributed by atoms with Crippen molar-refractivity contribution in [3.8, 4) is 0 Å². The highest BCUT2D eigenvalue weighted by atomic mass is 79.9. The number of hydrogen-bond donors (Lipinski definition) is 0. The molecular weight excluding hydrogens is 358 g/mol. The van der Waals surface area contributed by atoms with E-state index in [1.54, 1.807) is 0 Å². The van der Waals surface area contributed by atoms with Crippen molar-refractivity contribution in [2.24, 2.45) is 0 Å². The molecule has 2 aromatic rings. The van der Waals surface area contributed by atoms with Crippen molar-refractivity contribution < 1.29 is 4.79 Å². The van der Waals surface area contributed by atoms with E-state index in [-0.39, 0.29) is 10.3 Å². The van der Waals surface area contributed by atoms with Gasteiger partial charge in [-0.3, -0.25) is 0 Å². The monoisotopic (exact) mass is 358 g/mol. The third-order valence-corrected chi connectivity index (χ3v) is 2.77. The predicted molar refractivity (Wildman–Crippen MR) is 63.2 cm³/mol. The van der Waals surface area contributed by atoms with Crippen LogP contribution in [0.1, 0.15) is 5.69 Å². The highest BCUT2D eigenvalue weighted by Gasteiger charge is 2.34. The van der Waals surface area contributed by atoms with Gasteiger partial charge in [0.25, 0.3) is 0 Å². The predicted octanol–water partition coefficient (Wildman–Crippen LogP) is 1.98. The highest BCUT2D eigenvalue weighted by molar-refractivity contribution is 9.10. The van der Waals surface area contributed by atoms with Crippen LogP contribution in [0.5, 0.6) is 0 Å². The molecule has 7 nitrogen and oxygen atoms in total. The van der Waals surface area contributed by atoms with Gasteiger partial charge >= 0.3 is 6.03 Å². The first-order valence-electron chi connectivity index (χ1n) is 4.00. The Hall–Kier alpha value is -0.700. The zero-order valence-electron chi connectivity index (χ0n) is 7.76. The molecule has 17 heavy (non-hydrogen) atoms. The number of carbonyl (C=O) groups excluding carboxylic acids is 1. The standard InChI is InChI=1S/C6H2BrCl3N6O/c7-4-3(6(8,9)10)16(14-12-4)5(17)15-2-1-11-13-15/h1-2H. The average Bonchev–Trinajstić information content (AvgIpc) is 2.83. The van der Waals surface area contributed by atoms with Gasteiger partial charge in [0.15, 0.2) is 4.60 Å². The fourth-order valence-corrected chi connectivity index (χ4v) is 2.43. The second-order valence-electron chi connectivity index (χ2n) is 2.77. The van der Waals surface area contributed by atoms with E-state index in [0.29, 0.717) is 0 Å². The third kappa shape index (κ3) is 2.44. The lowest BCUT2D eigenvalue weighted by Gasteiger charge is -2.11. The number of aromatic nitrogens is 6. The van der Waals surface area contributed by atoms with Gasteiger partial charge in [0.1, 0.15) is 5.69 Å². The Morgan fingerprint density at radius 1 is 1.35 bits per heavy atom. The van der Waals surface area contributed by atoms with Gasteiger partial charge in [-0.05, 0) is 15.9 Å². The first-order valence-corrected chi connectivity index (χ1v) is 5.93. The van der Waals surface area contributed by atoms with Crippen molar-refractivity contribution in [3.63, 3.8) is 0 Å². The normalized spacial score (nSPS) is 11.8. The molecule has 0 spiro atoms. The zero-order chi connectivity index (χ0) is 12.6. The number of hydrogen-bond acceptors (Lipinski definition) is 5. The molecule has 0 bridgehead atoms. The summed E-state index contributed by atoms with van der Waals surface area (Å²) in [5, 5.41) is 14.2. The largest absolute Gasteiger partial charge is 0.372 e. The second-order valence-corrected chi connectivity index (χ2v) is 5.80. The van der Waals surface area contributed by atoms with E-state index < -0.39 is 9.82 Å². The summed E-state index contributed by atoms with van der Waals surface area (Å²) in [4.78, 5) is 11.9. The number of halogens is 4. The molecule has 0 aliphatic heterocycles. The summed E-state index contributed by atoms with van der Waals surface area (Å²) in [6.07, 6.45) is 2.67. The highest BCUT2D eigenvalue weighted by Crippen LogP contribution is 2.40. The van der Waals surface area contributed by atoms with Gasteiger partial charge in [-0.25, -0.2) is 4.79 Å². The molecule has 0 aliphatic carbocycles. The minimum Gasteiger partial charge on any atom is -0.243 e. The van der Waals surface area contributed by atoms with E-state index in [4.69, 9.17) is 34.8 Å². The van der Waals surface area contributed by atoms with Gasteiger partial charge in [-0.2, -0.15) is 9.36 Å². The van der Waals surface area contributed by atoms with Crippen LogP contribution in [0, 0.1) is 0 Å². The van der Waals surface area contributed by atoms with Crippen LogP contribution in [0.4, 0.5) is 4.79 Å². The number of alkyl halides is 3. The maximum Gasteiger partial charge on any atom is 0.372 e. The van der Waals surface area contributed by atoms with E-state index in [9.17, 15) is 4.79 Å². The summed E-state index contributed by atoms with van der Waals surface area (Å²) in [5.74, 6) is 0. The van der Waals surface area contributed by atoms with Gasteiger partial charge < -0.3 is 0 Å². The van der Waals surface area contributed by atoms with Crippen molar-refractivity contribution >= 4 is 56.8 Å². The molecule has 0 fully saturated rings. The van der Waals surface area contributed by atoms with Crippen molar-refractivity contribution in [3.05, 3.63) is 22.7 Å². The molecule has 0 saturated heterocycles. The summed E-state index contributed by atoms with van der Waals surface area (Å²) in [5.41, 5.74) is -0.0111. The fourth-order valence-electron chi connectivity index (χ4n) is 1.04. The summed E-state index contributed by atoms with van der Waals surface area (Å²) in [6.45, 7) is 0. The number of rotatable bonds is 0. The molecule has 0 aromatic carbocycles. The molecule has 2 heterocycles. The molecular formula is C6H2BrCl3N6O. The molecule has 0 aliphatic rings. The smallest absolute Gasteiger partial charge is 0.243 e. The molecule has 0 saturated carbocycles. The third-order valence-electron chi connectivity index (χ3n) is 1.70. The summed E-state index contributed by atoms with van der Waals surface area (Å²) in [6, 6.07) is -0.665. The van der Waals surface area contributed by atoms with Crippen LogP contribution < -0.4 is 0 Å². The van der Waals surface area contributed by atoms with Crippen LogP contribution in [0.15, 0.2) is 17.0 Å². The second kappa shape index (κ2) is 4.52. The van der Waals surface area contributed by atoms with Crippen molar-refractivity contribution in [2.75, 3.05) is 0 Å². The summed E-state index contributed by atoms with van der Waals surface area (Å²) >= 11 is 20.2. The molecule has 0 amide bonds. The Morgan fingerprint density at radius 3 is 2.59 bits per heavy atom. The Balaban J connectivity index is 2.51. The van der Waals surface area contributed by atoms with Crippen molar-refractivity contribution in [1.82, 2.24) is 30.0 Å². The van der Waals surface area contributed by atoms with E-state index in [1.165, 1.54) is 12.4 Å². The summed E-state index contributed by atoms with van der Waals surface area (Å²) in [7, 11) is 0. The topological polar surface area (TPSA) is 78.5 Å². The minimum absolute atomic E-state index is 0.0111. The molecule has 11 heteroatoms. The van der Waals surface area contributed by atoms with Gasteiger partial charge in [-0.15, -0.1) is 10.2 Å². The molecule has 90 valence electrons. The van der Waals surface area contributed by atoms with Crippen LogP contribution in [0.25, 0.3) is 0 Å². The van der Waals surface area contributed by atoms with Gasteiger partial charge in [0, 0.05) is 0 Å². The van der Waals surface area contributed by atoms with E-state index in [0.717, 1.165) is 9.36 Å². The quantitative estimate of drug-likeness (QED) is 0.671. The molecule has 0 unspecified atom stereocenters. The Bertz CT molecular complexity index is 547. The molecule has 0 N–H and O–H groups in total. The van der Waals surface area contributed by atoms with Crippen molar-refractivity contribution in [1.29, 1.82) is 0 Å². The first kappa shape index (κ1) is 12.7. The lowest BCUT2D eigenvalue weighted by atomic mass is 10.5. The fraction of sp³-hybridized carbons (Fsp3) is 0.167. The van der Waals surface area contributed by atoms with Crippen LogP contribution in [0.3, 0.4) is 0 Å². The Kier molecular flexibility index (Phi) is 3.39. The number of carbonyl (C=O) groups is 1. The maximum absolute atomic E-state index is 11.9. The molecule has 0 atom stereocenters. The van der Waals surface area contributed by atoms with Gasteiger partial charge in [0.2, 0.25) is 3.79 Å². The van der Waals surface area contributed by atoms with E-state index >= 15 is 0 Å². The summed E-state index contributed by atoms with van der Waals surface area (Å²) < 4.78 is 0.0664. The Labute approximate surface area is 118 Å².